The predicted molar refractivity (Wildman–Crippen MR) is 89.4 cm³/mol. The normalized spacial score (nSPS) is 21.9. The Balaban J connectivity index is 1.88. The molecule has 0 bridgehead atoms. The molecular weight excluding hydrogens is 324 g/mol. The average Bonchev–Trinajstić information content (AvgIpc) is 3.07. The van der Waals surface area contributed by atoms with Gasteiger partial charge in [0.15, 0.2) is 0 Å². The van der Waals surface area contributed by atoms with Crippen molar-refractivity contribution in [2.24, 2.45) is 0 Å². The van der Waals surface area contributed by atoms with E-state index in [-0.39, 0.29) is 11.9 Å². The molecule has 1 aliphatic carbocycles. The Bertz CT molecular complexity index is 669. The second-order valence-electron chi connectivity index (χ2n) is 6.76. The van der Waals surface area contributed by atoms with E-state index in [2.05, 4.69) is 0 Å². The maximum atomic E-state index is 13.2. The van der Waals surface area contributed by atoms with Crippen molar-refractivity contribution in [3.63, 3.8) is 0 Å². The molecule has 7 heteroatoms. The van der Waals surface area contributed by atoms with E-state index >= 15 is 0 Å². The zero-order valence-electron chi connectivity index (χ0n) is 14.6. The summed E-state index contributed by atoms with van der Waals surface area (Å²) in [6, 6.07) is 4.84. The summed E-state index contributed by atoms with van der Waals surface area (Å²) in [5.74, 6) is -0.0318. The van der Waals surface area contributed by atoms with Crippen LogP contribution in [0.15, 0.2) is 18.2 Å². The second-order valence-corrected chi connectivity index (χ2v) is 6.76. The Morgan fingerprint density at radius 2 is 2.08 bits per heavy atom. The number of hydroxylamine groups is 1. The predicted octanol–water partition coefficient (Wildman–Crippen LogP) is 1.87. The van der Waals surface area contributed by atoms with E-state index < -0.39 is 11.5 Å². The highest BCUT2D eigenvalue weighted by Crippen LogP contribution is 2.36. The number of nitrogens with one attached hydrogen (secondary N) is 1. The van der Waals surface area contributed by atoms with Crippen LogP contribution in [0.25, 0.3) is 0 Å². The first-order valence-electron chi connectivity index (χ1n) is 8.57. The van der Waals surface area contributed by atoms with E-state index in [1.807, 2.05) is 11.8 Å². The summed E-state index contributed by atoms with van der Waals surface area (Å²) in [5.41, 5.74) is 2.02. The third kappa shape index (κ3) is 3.21. The van der Waals surface area contributed by atoms with Gasteiger partial charge in [0.05, 0.1) is 6.04 Å². The van der Waals surface area contributed by atoms with Gasteiger partial charge in [-0.2, -0.15) is 0 Å². The molecule has 25 heavy (non-hydrogen) atoms. The lowest BCUT2D eigenvalue weighted by molar-refractivity contribution is -0.157. The molecule has 0 saturated heterocycles. The Morgan fingerprint density at radius 1 is 1.36 bits per heavy atom. The van der Waals surface area contributed by atoms with Crippen LogP contribution in [-0.2, 0) is 16.1 Å². The Hall–Kier alpha value is -2.12. The molecule has 2 N–H and O–H groups in total. The molecule has 1 atom stereocenters. The van der Waals surface area contributed by atoms with Crippen molar-refractivity contribution >= 4 is 11.8 Å². The van der Waals surface area contributed by atoms with Gasteiger partial charge in [-0.15, -0.1) is 0 Å². The van der Waals surface area contributed by atoms with Crippen LogP contribution in [-0.4, -0.2) is 47.3 Å². The number of ether oxygens (including phenoxy) is 2. The monoisotopic (exact) mass is 348 g/mol. The fourth-order valence-electron chi connectivity index (χ4n) is 3.65. The third-order valence-electron chi connectivity index (χ3n) is 5.24. The smallest absolute Gasteiger partial charge is 0.274 e. The lowest BCUT2D eigenvalue weighted by atomic mass is 9.98. The number of nitrogens with zero attached hydrogens (tertiary/aromatic N) is 1. The van der Waals surface area contributed by atoms with Gasteiger partial charge in [-0.3, -0.25) is 14.8 Å². The molecule has 3 rings (SSSR count). The molecule has 1 unspecified atom stereocenters. The largest absolute Gasteiger partial charge is 0.491 e. The minimum absolute atomic E-state index is 0.00799. The number of benzene rings is 1. The first-order chi connectivity index (χ1) is 12.0. The number of carbonyl (C=O) groups is 2. The van der Waals surface area contributed by atoms with Crippen molar-refractivity contribution in [3.8, 4) is 5.75 Å². The van der Waals surface area contributed by atoms with Gasteiger partial charge in [0.25, 0.3) is 11.8 Å². The molecule has 7 nitrogen and oxygen atoms in total. The molecule has 0 radical (unpaired) electrons. The number of hydrogen-bond donors (Lipinski definition) is 2. The lowest BCUT2D eigenvalue weighted by Crippen LogP contribution is -2.52. The van der Waals surface area contributed by atoms with E-state index in [1.54, 1.807) is 30.8 Å². The third-order valence-corrected chi connectivity index (χ3v) is 5.24. The maximum Gasteiger partial charge on any atom is 0.274 e. The SMILES string of the molecule is COC1(C(=O)N2Cc3ccc(C(=O)NO)cc3OCC2C)CCCC1. The summed E-state index contributed by atoms with van der Waals surface area (Å²) < 4.78 is 11.5. The van der Waals surface area contributed by atoms with Gasteiger partial charge in [0, 0.05) is 24.8 Å². The minimum atomic E-state index is -0.727. The van der Waals surface area contributed by atoms with Gasteiger partial charge in [-0.25, -0.2) is 5.48 Å². The van der Waals surface area contributed by atoms with Gasteiger partial charge in [0.1, 0.15) is 18.0 Å². The fraction of sp³-hybridized carbons (Fsp3) is 0.556. The van der Waals surface area contributed by atoms with Crippen LogP contribution in [0.3, 0.4) is 0 Å². The Kier molecular flexibility index (Phi) is 4.96. The highest BCUT2D eigenvalue weighted by molar-refractivity contribution is 5.94. The lowest BCUT2D eigenvalue weighted by Gasteiger charge is -2.35. The maximum absolute atomic E-state index is 13.2. The standard InChI is InChI=1S/C18H24N2O5/c1-12-11-25-15-9-13(16(21)19-23)5-6-14(15)10-20(12)17(22)18(24-2)7-3-4-8-18/h5-6,9,12,23H,3-4,7-8,10-11H2,1-2H3,(H,19,21). The van der Waals surface area contributed by atoms with Crippen LogP contribution >= 0.6 is 0 Å². The molecule has 0 spiro atoms. The molecule has 1 aromatic rings. The van der Waals surface area contributed by atoms with Gasteiger partial charge >= 0.3 is 0 Å². The number of amides is 2. The van der Waals surface area contributed by atoms with Crippen molar-refractivity contribution in [3.05, 3.63) is 29.3 Å². The van der Waals surface area contributed by atoms with Crippen LogP contribution in [0.2, 0.25) is 0 Å². The molecular formula is C18H24N2O5. The van der Waals surface area contributed by atoms with Crippen molar-refractivity contribution < 1.29 is 24.3 Å². The van der Waals surface area contributed by atoms with Gasteiger partial charge < -0.3 is 14.4 Å². The molecule has 2 aliphatic rings. The van der Waals surface area contributed by atoms with Gasteiger partial charge in [-0.05, 0) is 44.7 Å². The zero-order valence-corrected chi connectivity index (χ0v) is 14.6. The molecule has 1 heterocycles. The van der Waals surface area contributed by atoms with E-state index in [1.165, 1.54) is 0 Å². The summed E-state index contributed by atoms with van der Waals surface area (Å²) in [6.07, 6.45) is 3.48. The Labute approximate surface area is 146 Å². The highest BCUT2D eigenvalue weighted by Gasteiger charge is 2.45. The van der Waals surface area contributed by atoms with E-state index in [0.717, 1.165) is 31.2 Å². The molecule has 136 valence electrons. The van der Waals surface area contributed by atoms with Crippen molar-refractivity contribution in [2.75, 3.05) is 13.7 Å². The first kappa shape index (κ1) is 17.7. The summed E-state index contributed by atoms with van der Waals surface area (Å²) >= 11 is 0. The summed E-state index contributed by atoms with van der Waals surface area (Å²) in [4.78, 5) is 26.6. The number of fused-ring (bicyclic) bond motifs is 1. The van der Waals surface area contributed by atoms with Crippen LogP contribution in [0.5, 0.6) is 5.75 Å². The topological polar surface area (TPSA) is 88.1 Å². The number of hydrogen-bond acceptors (Lipinski definition) is 5. The van der Waals surface area contributed by atoms with E-state index in [9.17, 15) is 9.59 Å². The quantitative estimate of drug-likeness (QED) is 0.643. The summed E-state index contributed by atoms with van der Waals surface area (Å²) in [7, 11) is 1.61. The molecule has 1 fully saturated rings. The minimum Gasteiger partial charge on any atom is -0.491 e. The molecule has 0 aromatic heterocycles. The van der Waals surface area contributed by atoms with Gasteiger partial charge in [-0.1, -0.05) is 6.07 Å². The Morgan fingerprint density at radius 3 is 2.72 bits per heavy atom. The first-order valence-corrected chi connectivity index (χ1v) is 8.57. The zero-order chi connectivity index (χ0) is 18.0. The van der Waals surface area contributed by atoms with Crippen LogP contribution < -0.4 is 10.2 Å². The summed E-state index contributed by atoms with van der Waals surface area (Å²) in [5, 5.41) is 8.77. The molecule has 2 amide bonds. The van der Waals surface area contributed by atoms with Crippen molar-refractivity contribution in [1.29, 1.82) is 0 Å². The average molecular weight is 348 g/mol. The van der Waals surface area contributed by atoms with Crippen LogP contribution in [0, 0.1) is 0 Å². The number of methoxy groups -OCH3 is 1. The molecule has 1 aromatic carbocycles. The van der Waals surface area contributed by atoms with E-state index in [0.29, 0.717) is 24.5 Å². The number of rotatable bonds is 3. The van der Waals surface area contributed by atoms with E-state index in [4.69, 9.17) is 14.7 Å². The van der Waals surface area contributed by atoms with Crippen LogP contribution in [0.4, 0.5) is 0 Å². The van der Waals surface area contributed by atoms with Gasteiger partial charge in [0.2, 0.25) is 0 Å². The highest BCUT2D eigenvalue weighted by atomic mass is 16.5. The summed E-state index contributed by atoms with van der Waals surface area (Å²) in [6.45, 7) is 2.69. The van der Waals surface area contributed by atoms with Crippen LogP contribution in [0.1, 0.15) is 48.5 Å². The second kappa shape index (κ2) is 7.01. The van der Waals surface area contributed by atoms with Crippen molar-refractivity contribution in [1.82, 2.24) is 10.4 Å². The molecule has 1 saturated carbocycles. The fourth-order valence-corrected chi connectivity index (χ4v) is 3.65. The molecule has 1 aliphatic heterocycles. The number of carbonyl (C=O) groups excluding carboxylic acids is 2. The van der Waals surface area contributed by atoms with Crippen molar-refractivity contribution in [2.45, 2.75) is 50.8 Å².